The van der Waals surface area contributed by atoms with Gasteiger partial charge in [0.2, 0.25) is 0 Å². The van der Waals surface area contributed by atoms with E-state index in [-0.39, 0.29) is 0 Å². The quantitative estimate of drug-likeness (QED) is 0.643. The minimum atomic E-state index is 0.589. The van der Waals surface area contributed by atoms with Crippen LogP contribution in [0.15, 0.2) is 47.4 Å². The molecule has 88 valence electrons. The first-order valence-corrected chi connectivity index (χ1v) is 6.83. The molecular weight excluding hydrogens is 273 g/mol. The van der Waals surface area contributed by atoms with Crippen LogP contribution in [0.25, 0.3) is 0 Å². The molecule has 0 saturated heterocycles. The van der Waals surface area contributed by atoms with Crippen molar-refractivity contribution in [1.82, 2.24) is 0 Å². The van der Waals surface area contributed by atoms with Gasteiger partial charge in [-0.15, -0.1) is 11.8 Å². The summed E-state index contributed by atoms with van der Waals surface area (Å²) in [6.45, 7) is 0. The van der Waals surface area contributed by atoms with Gasteiger partial charge < -0.3 is 5.73 Å². The Bertz CT molecular complexity index is 529. The normalized spacial score (nSPS) is 10.5. The summed E-state index contributed by atoms with van der Waals surface area (Å²) in [5.41, 5.74) is 7.68. The lowest BCUT2D eigenvalue weighted by atomic mass is 10.2. The van der Waals surface area contributed by atoms with Crippen molar-refractivity contribution in [2.24, 2.45) is 0 Å². The van der Waals surface area contributed by atoms with E-state index in [2.05, 4.69) is 0 Å². The lowest BCUT2D eigenvalue weighted by Gasteiger charge is -2.07. The fourth-order valence-electron chi connectivity index (χ4n) is 1.43. The van der Waals surface area contributed by atoms with Gasteiger partial charge in [0.25, 0.3) is 0 Å². The van der Waals surface area contributed by atoms with Crippen LogP contribution in [-0.4, -0.2) is 0 Å². The van der Waals surface area contributed by atoms with E-state index in [0.717, 1.165) is 21.9 Å². The summed E-state index contributed by atoms with van der Waals surface area (Å²) in [7, 11) is 0. The van der Waals surface area contributed by atoms with Gasteiger partial charge in [0.15, 0.2) is 0 Å². The molecule has 0 saturated carbocycles. The summed E-state index contributed by atoms with van der Waals surface area (Å²) in [5.74, 6) is 0.758. The molecule has 0 atom stereocenters. The molecule has 2 aromatic carbocycles. The van der Waals surface area contributed by atoms with Crippen LogP contribution >= 0.6 is 35.0 Å². The Morgan fingerprint density at radius 3 is 2.53 bits per heavy atom. The van der Waals surface area contributed by atoms with E-state index in [1.54, 1.807) is 17.8 Å². The number of anilines is 1. The van der Waals surface area contributed by atoms with Crippen LogP contribution in [0.1, 0.15) is 5.56 Å². The molecule has 1 nitrogen and oxygen atoms in total. The van der Waals surface area contributed by atoms with Gasteiger partial charge >= 0.3 is 0 Å². The molecule has 2 rings (SSSR count). The van der Waals surface area contributed by atoms with Crippen molar-refractivity contribution in [1.29, 1.82) is 0 Å². The Morgan fingerprint density at radius 1 is 1.00 bits per heavy atom. The Hall–Kier alpha value is -0.830. The van der Waals surface area contributed by atoms with Crippen molar-refractivity contribution >= 4 is 40.7 Å². The summed E-state index contributed by atoms with van der Waals surface area (Å²) in [4.78, 5) is 1.06. The Labute approximate surface area is 115 Å². The van der Waals surface area contributed by atoms with Crippen LogP contribution in [0.4, 0.5) is 5.69 Å². The summed E-state index contributed by atoms with van der Waals surface area (Å²) in [6, 6.07) is 13.4. The van der Waals surface area contributed by atoms with Gasteiger partial charge in [0.1, 0.15) is 0 Å². The van der Waals surface area contributed by atoms with Gasteiger partial charge in [-0.05, 0) is 23.8 Å². The van der Waals surface area contributed by atoms with E-state index >= 15 is 0 Å². The number of para-hydroxylation sites is 1. The van der Waals surface area contributed by atoms with E-state index in [0.29, 0.717) is 10.0 Å². The van der Waals surface area contributed by atoms with Crippen molar-refractivity contribution in [3.8, 4) is 0 Å². The van der Waals surface area contributed by atoms with Gasteiger partial charge in [-0.1, -0.05) is 47.5 Å². The number of benzene rings is 2. The van der Waals surface area contributed by atoms with E-state index in [1.165, 1.54) is 0 Å². The van der Waals surface area contributed by atoms with Crippen LogP contribution < -0.4 is 5.73 Å². The molecule has 2 aromatic rings. The third kappa shape index (κ3) is 3.09. The highest BCUT2D eigenvalue weighted by Crippen LogP contribution is 2.32. The number of hydrogen-bond donors (Lipinski definition) is 1. The van der Waals surface area contributed by atoms with Gasteiger partial charge in [0, 0.05) is 16.3 Å². The van der Waals surface area contributed by atoms with E-state index in [9.17, 15) is 0 Å². The average Bonchev–Trinajstić information content (AvgIpc) is 2.33. The topological polar surface area (TPSA) is 26.0 Å². The second kappa shape index (κ2) is 5.67. The number of hydrogen-bond acceptors (Lipinski definition) is 2. The summed E-state index contributed by atoms with van der Waals surface area (Å²) in [5, 5.41) is 1.21. The first-order valence-electron chi connectivity index (χ1n) is 5.08. The zero-order chi connectivity index (χ0) is 12.3. The molecule has 0 radical (unpaired) electrons. The fraction of sp³-hybridized carbons (Fsp3) is 0.0769. The lowest BCUT2D eigenvalue weighted by Crippen LogP contribution is -1.89. The van der Waals surface area contributed by atoms with Crippen molar-refractivity contribution in [2.75, 3.05) is 5.73 Å². The summed E-state index contributed by atoms with van der Waals surface area (Å²) >= 11 is 13.7. The Balaban J connectivity index is 2.13. The molecule has 0 bridgehead atoms. The minimum absolute atomic E-state index is 0.589. The molecule has 0 aliphatic rings. The molecule has 4 heteroatoms. The number of rotatable bonds is 3. The zero-order valence-electron chi connectivity index (χ0n) is 8.99. The second-order valence-corrected chi connectivity index (χ2v) is 5.34. The van der Waals surface area contributed by atoms with Crippen molar-refractivity contribution in [3.05, 3.63) is 58.1 Å². The molecule has 17 heavy (non-hydrogen) atoms. The summed E-state index contributed by atoms with van der Waals surface area (Å²) < 4.78 is 0. The highest BCUT2D eigenvalue weighted by molar-refractivity contribution is 7.98. The van der Waals surface area contributed by atoms with Gasteiger partial charge in [-0.25, -0.2) is 0 Å². The van der Waals surface area contributed by atoms with Crippen LogP contribution in [0.2, 0.25) is 10.0 Å². The number of thioether (sulfide) groups is 1. The maximum Gasteiger partial charge on any atom is 0.0632 e. The Morgan fingerprint density at radius 2 is 1.76 bits per heavy atom. The number of nitrogens with two attached hydrogens (primary N) is 1. The average molecular weight is 284 g/mol. The predicted octanol–water partition coefficient (Wildman–Crippen LogP) is 4.87. The first kappa shape index (κ1) is 12.6. The standard InChI is InChI=1S/C13H11Cl2NS/c14-10-5-3-4-9(13(10)15)8-17-12-7-2-1-6-11(12)16/h1-7H,8,16H2. The van der Waals surface area contributed by atoms with Gasteiger partial charge in [-0.3, -0.25) is 0 Å². The third-order valence-corrected chi connectivity index (χ3v) is 4.33. The fourth-order valence-corrected chi connectivity index (χ4v) is 2.85. The molecule has 0 aliphatic heterocycles. The molecule has 0 heterocycles. The molecule has 0 unspecified atom stereocenters. The van der Waals surface area contributed by atoms with Crippen LogP contribution in [0.3, 0.4) is 0 Å². The SMILES string of the molecule is Nc1ccccc1SCc1cccc(Cl)c1Cl. The number of halogens is 2. The maximum atomic E-state index is 6.12. The zero-order valence-corrected chi connectivity index (χ0v) is 11.3. The first-order chi connectivity index (χ1) is 8.18. The largest absolute Gasteiger partial charge is 0.398 e. The molecule has 2 N–H and O–H groups in total. The van der Waals surface area contributed by atoms with E-state index in [1.807, 2.05) is 36.4 Å². The van der Waals surface area contributed by atoms with Crippen LogP contribution in [0, 0.1) is 0 Å². The molecular formula is C13H11Cl2NS. The molecule has 0 amide bonds. The highest BCUT2D eigenvalue weighted by atomic mass is 35.5. The van der Waals surface area contributed by atoms with E-state index in [4.69, 9.17) is 28.9 Å². The van der Waals surface area contributed by atoms with Crippen molar-refractivity contribution in [2.45, 2.75) is 10.6 Å². The van der Waals surface area contributed by atoms with Crippen LogP contribution in [0.5, 0.6) is 0 Å². The number of nitrogen functional groups attached to an aromatic ring is 1. The molecule has 0 fully saturated rings. The predicted molar refractivity (Wildman–Crippen MR) is 76.9 cm³/mol. The van der Waals surface area contributed by atoms with E-state index < -0.39 is 0 Å². The smallest absolute Gasteiger partial charge is 0.0632 e. The monoisotopic (exact) mass is 283 g/mol. The van der Waals surface area contributed by atoms with Crippen LogP contribution in [-0.2, 0) is 5.75 Å². The third-order valence-electron chi connectivity index (χ3n) is 2.33. The minimum Gasteiger partial charge on any atom is -0.398 e. The second-order valence-electron chi connectivity index (χ2n) is 3.54. The van der Waals surface area contributed by atoms with Crippen molar-refractivity contribution < 1.29 is 0 Å². The van der Waals surface area contributed by atoms with Crippen molar-refractivity contribution in [3.63, 3.8) is 0 Å². The maximum absolute atomic E-state index is 6.12. The highest BCUT2D eigenvalue weighted by Gasteiger charge is 2.05. The van der Waals surface area contributed by atoms with Gasteiger partial charge in [-0.2, -0.15) is 0 Å². The lowest BCUT2D eigenvalue weighted by molar-refractivity contribution is 1.38. The van der Waals surface area contributed by atoms with Gasteiger partial charge in [0.05, 0.1) is 10.0 Å². The molecule has 0 aliphatic carbocycles. The molecule has 0 aromatic heterocycles. The summed E-state index contributed by atoms with van der Waals surface area (Å²) in [6.07, 6.45) is 0. The molecule has 0 spiro atoms. The Kier molecular flexibility index (Phi) is 4.21.